The zero-order chi connectivity index (χ0) is 11.3. The average Bonchev–Trinajstić information content (AvgIpc) is 2.65. The average molecular weight is 205 g/mol. The molecule has 2 nitrogen and oxygen atoms in total. The fourth-order valence-electron chi connectivity index (χ4n) is 1.52. The maximum atomic E-state index is 9.84. The lowest BCUT2D eigenvalue weighted by atomic mass is 10.0. The van der Waals surface area contributed by atoms with Gasteiger partial charge < -0.3 is 9.67 Å². The SMILES string of the molecule is C#CCCCn1ccc(C(O)C(C)C)c1. The molecule has 0 amide bonds. The third-order valence-corrected chi connectivity index (χ3v) is 2.48. The summed E-state index contributed by atoms with van der Waals surface area (Å²) in [4.78, 5) is 0. The molecular weight excluding hydrogens is 186 g/mol. The first kappa shape index (κ1) is 11.9. The van der Waals surface area contributed by atoms with Gasteiger partial charge in [0.05, 0.1) is 6.10 Å². The van der Waals surface area contributed by atoms with Gasteiger partial charge in [-0.1, -0.05) is 13.8 Å². The zero-order valence-electron chi connectivity index (χ0n) is 9.48. The molecule has 1 unspecified atom stereocenters. The van der Waals surface area contributed by atoms with Gasteiger partial charge >= 0.3 is 0 Å². The molecule has 1 aromatic heterocycles. The maximum Gasteiger partial charge on any atom is 0.0827 e. The van der Waals surface area contributed by atoms with Crippen molar-refractivity contribution in [1.82, 2.24) is 4.57 Å². The fraction of sp³-hybridized carbons (Fsp3) is 0.538. The zero-order valence-corrected chi connectivity index (χ0v) is 9.48. The number of terminal acetylenes is 1. The van der Waals surface area contributed by atoms with Gasteiger partial charge in [0, 0.05) is 25.4 Å². The summed E-state index contributed by atoms with van der Waals surface area (Å²) in [5.41, 5.74) is 0.991. The van der Waals surface area contributed by atoms with E-state index in [0.29, 0.717) is 0 Å². The van der Waals surface area contributed by atoms with Crippen LogP contribution >= 0.6 is 0 Å². The van der Waals surface area contributed by atoms with Crippen LogP contribution in [0.25, 0.3) is 0 Å². The van der Waals surface area contributed by atoms with Gasteiger partial charge in [0.2, 0.25) is 0 Å². The number of aromatic nitrogens is 1. The summed E-state index contributed by atoms with van der Waals surface area (Å²) in [6.45, 7) is 4.95. The first-order valence-corrected chi connectivity index (χ1v) is 5.42. The predicted molar refractivity (Wildman–Crippen MR) is 62.3 cm³/mol. The van der Waals surface area contributed by atoms with Crippen molar-refractivity contribution in [3.63, 3.8) is 0 Å². The molecule has 2 heteroatoms. The molecule has 15 heavy (non-hydrogen) atoms. The number of rotatable bonds is 5. The van der Waals surface area contributed by atoms with Crippen molar-refractivity contribution < 1.29 is 5.11 Å². The second-order valence-corrected chi connectivity index (χ2v) is 4.18. The maximum absolute atomic E-state index is 9.84. The Kier molecular flexibility index (Phi) is 4.45. The van der Waals surface area contributed by atoms with Crippen molar-refractivity contribution in [2.45, 2.75) is 39.3 Å². The minimum atomic E-state index is -0.362. The van der Waals surface area contributed by atoms with Gasteiger partial charge in [-0.25, -0.2) is 0 Å². The Hall–Kier alpha value is -1.20. The van der Waals surface area contributed by atoms with Crippen molar-refractivity contribution in [1.29, 1.82) is 0 Å². The van der Waals surface area contributed by atoms with Crippen LogP contribution in [0.5, 0.6) is 0 Å². The Labute approximate surface area is 91.9 Å². The number of nitrogens with zero attached hydrogens (tertiary/aromatic N) is 1. The standard InChI is InChI=1S/C13H19NO/c1-4-5-6-8-14-9-7-12(10-14)13(15)11(2)3/h1,7,9-11,13,15H,5-6,8H2,2-3H3. The van der Waals surface area contributed by atoms with Crippen molar-refractivity contribution in [3.8, 4) is 12.3 Å². The Morgan fingerprint density at radius 3 is 2.87 bits per heavy atom. The summed E-state index contributed by atoms with van der Waals surface area (Å²) < 4.78 is 2.08. The molecule has 0 bridgehead atoms. The molecule has 1 heterocycles. The molecule has 0 aliphatic carbocycles. The Balaban J connectivity index is 2.53. The largest absolute Gasteiger partial charge is 0.388 e. The molecule has 0 aromatic carbocycles. The van der Waals surface area contributed by atoms with Crippen LogP contribution in [0, 0.1) is 18.3 Å². The van der Waals surface area contributed by atoms with E-state index in [-0.39, 0.29) is 12.0 Å². The van der Waals surface area contributed by atoms with Gasteiger partial charge in [-0.05, 0) is 24.0 Å². The number of aryl methyl sites for hydroxylation is 1. The van der Waals surface area contributed by atoms with Crippen molar-refractivity contribution in [2.75, 3.05) is 0 Å². The van der Waals surface area contributed by atoms with Gasteiger partial charge in [0.25, 0.3) is 0 Å². The summed E-state index contributed by atoms with van der Waals surface area (Å²) in [5, 5.41) is 9.84. The summed E-state index contributed by atoms with van der Waals surface area (Å²) in [6, 6.07) is 1.97. The fourth-order valence-corrected chi connectivity index (χ4v) is 1.52. The monoisotopic (exact) mass is 205 g/mol. The molecular formula is C13H19NO. The molecule has 0 spiro atoms. The molecule has 0 radical (unpaired) electrons. The van der Waals surface area contributed by atoms with E-state index in [1.165, 1.54) is 0 Å². The normalized spacial score (nSPS) is 12.7. The van der Waals surface area contributed by atoms with E-state index in [2.05, 4.69) is 10.5 Å². The van der Waals surface area contributed by atoms with Crippen LogP contribution in [-0.2, 0) is 6.54 Å². The van der Waals surface area contributed by atoms with E-state index in [1.54, 1.807) is 0 Å². The van der Waals surface area contributed by atoms with Gasteiger partial charge in [-0.2, -0.15) is 0 Å². The Morgan fingerprint density at radius 1 is 1.53 bits per heavy atom. The van der Waals surface area contributed by atoms with Gasteiger partial charge in [0.15, 0.2) is 0 Å². The van der Waals surface area contributed by atoms with Crippen LogP contribution in [0.2, 0.25) is 0 Å². The molecule has 1 atom stereocenters. The molecule has 0 fully saturated rings. The molecule has 1 rings (SSSR count). The van der Waals surface area contributed by atoms with Crippen LogP contribution < -0.4 is 0 Å². The highest BCUT2D eigenvalue weighted by Gasteiger charge is 2.12. The lowest BCUT2D eigenvalue weighted by Gasteiger charge is -2.12. The number of aliphatic hydroxyl groups is 1. The minimum Gasteiger partial charge on any atom is -0.388 e. The third-order valence-electron chi connectivity index (χ3n) is 2.48. The minimum absolute atomic E-state index is 0.256. The molecule has 82 valence electrons. The molecule has 0 saturated carbocycles. The van der Waals surface area contributed by atoms with Crippen molar-refractivity contribution in [3.05, 3.63) is 24.0 Å². The summed E-state index contributed by atoms with van der Waals surface area (Å²) in [7, 11) is 0. The van der Waals surface area contributed by atoms with E-state index >= 15 is 0 Å². The summed E-state index contributed by atoms with van der Waals surface area (Å²) in [6.07, 6.45) is 10.6. The van der Waals surface area contributed by atoms with Gasteiger partial charge in [-0.15, -0.1) is 12.3 Å². The van der Waals surface area contributed by atoms with Crippen LogP contribution in [0.4, 0.5) is 0 Å². The first-order valence-electron chi connectivity index (χ1n) is 5.42. The number of unbranched alkanes of at least 4 members (excludes halogenated alkanes) is 1. The highest BCUT2D eigenvalue weighted by atomic mass is 16.3. The van der Waals surface area contributed by atoms with Crippen LogP contribution in [0.1, 0.15) is 38.4 Å². The van der Waals surface area contributed by atoms with Crippen LogP contribution in [0.3, 0.4) is 0 Å². The van der Waals surface area contributed by atoms with E-state index < -0.39 is 0 Å². The predicted octanol–water partition coefficient (Wildman–Crippen LogP) is 2.59. The van der Waals surface area contributed by atoms with Crippen molar-refractivity contribution in [2.24, 2.45) is 5.92 Å². The van der Waals surface area contributed by atoms with Crippen molar-refractivity contribution >= 4 is 0 Å². The first-order chi connectivity index (χ1) is 7.15. The topological polar surface area (TPSA) is 25.2 Å². The highest BCUT2D eigenvalue weighted by molar-refractivity contribution is 5.14. The molecule has 0 aliphatic rings. The quantitative estimate of drug-likeness (QED) is 0.580. The molecule has 0 aliphatic heterocycles. The van der Waals surface area contributed by atoms with Gasteiger partial charge in [-0.3, -0.25) is 0 Å². The molecule has 1 aromatic rings. The highest BCUT2D eigenvalue weighted by Crippen LogP contribution is 2.21. The molecule has 0 saturated heterocycles. The van der Waals surface area contributed by atoms with E-state index in [0.717, 1.165) is 24.9 Å². The van der Waals surface area contributed by atoms with E-state index in [9.17, 15) is 5.11 Å². The lowest BCUT2D eigenvalue weighted by Crippen LogP contribution is -2.04. The second kappa shape index (κ2) is 5.63. The smallest absolute Gasteiger partial charge is 0.0827 e. The number of aliphatic hydroxyl groups excluding tert-OH is 1. The lowest BCUT2D eigenvalue weighted by molar-refractivity contribution is 0.127. The summed E-state index contributed by atoms with van der Waals surface area (Å²) >= 11 is 0. The summed E-state index contributed by atoms with van der Waals surface area (Å²) in [5.74, 6) is 2.88. The Bertz CT molecular complexity index is 333. The van der Waals surface area contributed by atoms with E-state index in [1.807, 2.05) is 32.3 Å². The van der Waals surface area contributed by atoms with E-state index in [4.69, 9.17) is 6.42 Å². The van der Waals surface area contributed by atoms with Crippen LogP contribution in [0.15, 0.2) is 18.5 Å². The number of hydrogen-bond donors (Lipinski definition) is 1. The molecule has 1 N–H and O–H groups in total. The Morgan fingerprint density at radius 2 is 2.27 bits per heavy atom. The number of hydrogen-bond acceptors (Lipinski definition) is 1. The van der Waals surface area contributed by atoms with Gasteiger partial charge in [0.1, 0.15) is 0 Å². The second-order valence-electron chi connectivity index (χ2n) is 4.18. The third kappa shape index (κ3) is 3.45. The van der Waals surface area contributed by atoms with Crippen LogP contribution in [-0.4, -0.2) is 9.67 Å².